The van der Waals surface area contributed by atoms with Gasteiger partial charge in [0.1, 0.15) is 0 Å². The quantitative estimate of drug-likeness (QED) is 0.181. The molecule has 2 heterocycles. The van der Waals surface area contributed by atoms with Crippen LogP contribution in [0.25, 0.3) is 33.0 Å². The number of carbonyl (C=O) groups is 1. The highest BCUT2D eigenvalue weighted by atomic mass is 19.4. The minimum absolute atomic E-state index is 0.232. The molecule has 2 saturated heterocycles. The standard InChI is InChI=1S/C40H36F3NO3/c1-2-47-38(45)31-21-30-20-29(27-8-15-33(16-9-27)40(41,42)43)12-19-36(30)37(22-31)28-10-13-32(14-11-28)39(46)23-34-17-18-35(24-39)44(34)25-26-6-4-3-5-7-26/h3-16,19-22,34-35,46H,2,17-18,23-25H2,1H3/t34-,35+,39?. The van der Waals surface area contributed by atoms with Gasteiger partial charge >= 0.3 is 12.1 Å². The maximum absolute atomic E-state index is 13.1. The molecule has 7 heteroatoms. The Balaban J connectivity index is 1.19. The third-order valence-electron chi connectivity index (χ3n) is 9.87. The SMILES string of the molecule is CCOC(=O)c1cc(-c2ccc(C3(O)C[C@H]4CC[C@@H](C3)N4Cc3ccccc3)cc2)c2ccc(-c3ccc(C(F)(F)F)cc3)cc2c1. The van der Waals surface area contributed by atoms with E-state index in [1.165, 1.54) is 17.7 Å². The van der Waals surface area contributed by atoms with Crippen LogP contribution in [0.1, 0.15) is 59.7 Å². The van der Waals surface area contributed by atoms with Crippen molar-refractivity contribution in [3.05, 3.63) is 131 Å². The number of hydrogen-bond donors (Lipinski definition) is 1. The summed E-state index contributed by atoms with van der Waals surface area (Å²) in [6.07, 6.45) is -0.874. The number of nitrogens with zero attached hydrogens (tertiary/aromatic N) is 1. The van der Waals surface area contributed by atoms with Crippen LogP contribution in [-0.2, 0) is 23.1 Å². The molecule has 4 nitrogen and oxygen atoms in total. The molecule has 0 spiro atoms. The molecule has 0 saturated carbocycles. The molecule has 3 atom stereocenters. The van der Waals surface area contributed by atoms with E-state index in [0.717, 1.165) is 64.5 Å². The van der Waals surface area contributed by atoms with Gasteiger partial charge in [0, 0.05) is 18.6 Å². The number of halogens is 3. The summed E-state index contributed by atoms with van der Waals surface area (Å²) in [4.78, 5) is 15.5. The van der Waals surface area contributed by atoms with E-state index in [9.17, 15) is 23.1 Å². The Bertz CT molecular complexity index is 1890. The van der Waals surface area contributed by atoms with Crippen LogP contribution in [0.4, 0.5) is 13.2 Å². The minimum atomic E-state index is -4.41. The van der Waals surface area contributed by atoms with Gasteiger partial charge in [-0.25, -0.2) is 4.79 Å². The lowest BCUT2D eigenvalue weighted by atomic mass is 9.80. The molecule has 1 unspecified atom stereocenters. The number of fused-ring (bicyclic) bond motifs is 3. The second kappa shape index (κ2) is 12.3. The average molecular weight is 636 g/mol. The van der Waals surface area contributed by atoms with Gasteiger partial charge in [-0.05, 0) is 107 Å². The van der Waals surface area contributed by atoms with Crippen LogP contribution in [-0.4, -0.2) is 34.7 Å². The fourth-order valence-corrected chi connectivity index (χ4v) is 7.54. The van der Waals surface area contributed by atoms with Crippen molar-refractivity contribution in [1.29, 1.82) is 0 Å². The van der Waals surface area contributed by atoms with Gasteiger partial charge < -0.3 is 9.84 Å². The van der Waals surface area contributed by atoms with Gasteiger partial charge in [0.25, 0.3) is 0 Å². The van der Waals surface area contributed by atoms with E-state index in [-0.39, 0.29) is 6.61 Å². The fraction of sp³-hybridized carbons (Fsp3) is 0.275. The number of rotatable bonds is 7. The molecule has 0 radical (unpaired) electrons. The maximum atomic E-state index is 13.1. The number of carbonyl (C=O) groups excluding carboxylic acids is 1. The molecule has 0 aliphatic carbocycles. The highest BCUT2D eigenvalue weighted by Crippen LogP contribution is 2.47. The summed E-state index contributed by atoms with van der Waals surface area (Å²) in [7, 11) is 0. The first-order valence-electron chi connectivity index (χ1n) is 16.2. The highest BCUT2D eigenvalue weighted by molar-refractivity contribution is 6.04. The Morgan fingerprint density at radius 2 is 1.47 bits per heavy atom. The molecule has 240 valence electrons. The lowest BCUT2D eigenvalue weighted by Gasteiger charge is -2.44. The maximum Gasteiger partial charge on any atom is 0.416 e. The number of ether oxygens (including phenoxy) is 1. The van der Waals surface area contributed by atoms with Crippen molar-refractivity contribution in [3.8, 4) is 22.3 Å². The van der Waals surface area contributed by atoms with E-state index < -0.39 is 23.3 Å². The number of esters is 1. The number of alkyl halides is 3. The molecule has 47 heavy (non-hydrogen) atoms. The zero-order valence-corrected chi connectivity index (χ0v) is 26.1. The molecular weight excluding hydrogens is 599 g/mol. The van der Waals surface area contributed by atoms with Crippen molar-refractivity contribution >= 4 is 16.7 Å². The van der Waals surface area contributed by atoms with Crippen LogP contribution in [0.2, 0.25) is 0 Å². The van der Waals surface area contributed by atoms with Crippen molar-refractivity contribution in [2.45, 2.75) is 63.0 Å². The van der Waals surface area contributed by atoms with E-state index in [1.54, 1.807) is 13.0 Å². The lowest BCUT2D eigenvalue weighted by molar-refractivity contribution is -0.137. The second-order valence-electron chi connectivity index (χ2n) is 12.8. The van der Waals surface area contributed by atoms with Crippen molar-refractivity contribution in [2.24, 2.45) is 0 Å². The molecule has 5 aromatic carbocycles. The van der Waals surface area contributed by atoms with Crippen molar-refractivity contribution < 1.29 is 27.8 Å². The van der Waals surface area contributed by atoms with Gasteiger partial charge in [0.05, 0.1) is 23.3 Å². The fourth-order valence-electron chi connectivity index (χ4n) is 7.54. The highest BCUT2D eigenvalue weighted by Gasteiger charge is 2.48. The Hall–Kier alpha value is -4.46. The Morgan fingerprint density at radius 3 is 2.11 bits per heavy atom. The smallest absolute Gasteiger partial charge is 0.416 e. The van der Waals surface area contributed by atoms with E-state index in [4.69, 9.17) is 4.74 Å². The lowest BCUT2D eigenvalue weighted by Crippen LogP contribution is -2.49. The predicted octanol–water partition coefficient (Wildman–Crippen LogP) is 9.38. The Kier molecular flexibility index (Phi) is 8.14. The van der Waals surface area contributed by atoms with Gasteiger partial charge in [-0.1, -0.05) is 78.9 Å². The van der Waals surface area contributed by atoms with Crippen molar-refractivity contribution in [2.75, 3.05) is 6.61 Å². The second-order valence-corrected chi connectivity index (χ2v) is 12.8. The van der Waals surface area contributed by atoms with E-state index in [0.29, 0.717) is 36.1 Å². The normalized spacial score (nSPS) is 21.2. The summed E-state index contributed by atoms with van der Waals surface area (Å²) in [5.74, 6) is -0.445. The first-order chi connectivity index (χ1) is 22.6. The predicted molar refractivity (Wildman–Crippen MR) is 178 cm³/mol. The van der Waals surface area contributed by atoms with Gasteiger partial charge in [-0.15, -0.1) is 0 Å². The first-order valence-corrected chi connectivity index (χ1v) is 16.2. The molecule has 2 bridgehead atoms. The number of hydrogen-bond acceptors (Lipinski definition) is 4. The largest absolute Gasteiger partial charge is 0.462 e. The molecule has 2 fully saturated rings. The monoisotopic (exact) mass is 635 g/mol. The van der Waals surface area contributed by atoms with E-state index in [1.807, 2.05) is 54.6 Å². The summed E-state index contributed by atoms with van der Waals surface area (Å²) in [6, 6.07) is 33.5. The Labute approximate surface area is 272 Å². The van der Waals surface area contributed by atoms with Gasteiger partial charge in [-0.2, -0.15) is 13.2 Å². The molecule has 2 aliphatic heterocycles. The van der Waals surface area contributed by atoms with Crippen LogP contribution < -0.4 is 0 Å². The van der Waals surface area contributed by atoms with Crippen LogP contribution in [0.5, 0.6) is 0 Å². The molecule has 5 aromatic rings. The molecule has 7 rings (SSSR count). The summed E-state index contributed by atoms with van der Waals surface area (Å²) in [5, 5.41) is 13.6. The van der Waals surface area contributed by atoms with E-state index in [2.05, 4.69) is 29.2 Å². The van der Waals surface area contributed by atoms with Gasteiger partial charge in [0.15, 0.2) is 0 Å². The molecular formula is C40H36F3NO3. The van der Waals surface area contributed by atoms with Crippen LogP contribution in [0, 0.1) is 0 Å². The molecule has 0 aromatic heterocycles. The molecule has 2 aliphatic rings. The number of benzene rings is 5. The topological polar surface area (TPSA) is 49.8 Å². The van der Waals surface area contributed by atoms with Gasteiger partial charge in [0.2, 0.25) is 0 Å². The summed E-state index contributed by atoms with van der Waals surface area (Å²) < 4.78 is 44.7. The summed E-state index contributed by atoms with van der Waals surface area (Å²) in [5.41, 5.74) is 4.07. The van der Waals surface area contributed by atoms with Crippen molar-refractivity contribution in [3.63, 3.8) is 0 Å². The molecule has 1 N–H and O–H groups in total. The number of aliphatic hydroxyl groups is 1. The summed E-state index contributed by atoms with van der Waals surface area (Å²) >= 11 is 0. The van der Waals surface area contributed by atoms with Gasteiger partial charge in [-0.3, -0.25) is 4.90 Å². The average Bonchev–Trinajstić information content (AvgIpc) is 3.32. The van der Waals surface area contributed by atoms with Crippen LogP contribution in [0.3, 0.4) is 0 Å². The number of piperidine rings is 1. The third kappa shape index (κ3) is 6.18. The summed E-state index contributed by atoms with van der Waals surface area (Å²) in [6.45, 7) is 2.88. The zero-order valence-electron chi connectivity index (χ0n) is 26.1. The van der Waals surface area contributed by atoms with Crippen LogP contribution >= 0.6 is 0 Å². The minimum Gasteiger partial charge on any atom is -0.462 e. The molecule has 0 amide bonds. The van der Waals surface area contributed by atoms with Crippen molar-refractivity contribution in [1.82, 2.24) is 4.90 Å². The van der Waals surface area contributed by atoms with E-state index >= 15 is 0 Å². The zero-order chi connectivity index (χ0) is 32.8. The van der Waals surface area contributed by atoms with Crippen LogP contribution in [0.15, 0.2) is 109 Å². The Morgan fingerprint density at radius 1 is 0.830 bits per heavy atom. The first kappa shape index (κ1) is 31.2. The third-order valence-corrected chi connectivity index (χ3v) is 9.87.